The molecule has 1 fully saturated rings. The fraction of sp³-hybridized carbons (Fsp3) is 0.333. The highest BCUT2D eigenvalue weighted by Crippen LogP contribution is 2.37. The summed E-state index contributed by atoms with van der Waals surface area (Å²) in [5, 5.41) is 15.3. The number of hydrogen-bond acceptors (Lipinski definition) is 7. The van der Waals surface area contributed by atoms with Crippen molar-refractivity contribution in [2.24, 2.45) is 10.1 Å². The standard InChI is InChI=1S/C24H24F3N5O3/c1-31-8-10-32(11-9-31)12-13-34-30-21-16-4-2-3-5-18(16)28-22(21)20-17-14-15(35-24(25,26)27)6-7-19(17)29-23(20)33/h2-7,14,29,33H,8-13H2,1H3. The van der Waals surface area contributed by atoms with E-state index in [1.165, 1.54) is 18.2 Å². The molecule has 184 valence electrons. The first kappa shape index (κ1) is 23.2. The van der Waals surface area contributed by atoms with Crippen LogP contribution in [0.25, 0.3) is 10.9 Å². The lowest BCUT2D eigenvalue weighted by atomic mass is 10.0. The molecule has 11 heteroatoms. The molecular weight excluding hydrogens is 463 g/mol. The van der Waals surface area contributed by atoms with Gasteiger partial charge in [-0.3, -0.25) is 4.90 Å². The summed E-state index contributed by atoms with van der Waals surface area (Å²) in [4.78, 5) is 17.6. The highest BCUT2D eigenvalue weighted by molar-refractivity contribution is 6.58. The van der Waals surface area contributed by atoms with Crippen LogP contribution in [0.5, 0.6) is 11.6 Å². The van der Waals surface area contributed by atoms with E-state index in [4.69, 9.17) is 4.84 Å². The van der Waals surface area contributed by atoms with Gasteiger partial charge in [0.25, 0.3) is 0 Å². The summed E-state index contributed by atoms with van der Waals surface area (Å²) in [6.45, 7) is 4.99. The lowest BCUT2D eigenvalue weighted by Crippen LogP contribution is -2.45. The van der Waals surface area contributed by atoms with Gasteiger partial charge in [-0.05, 0) is 31.3 Å². The molecule has 2 aliphatic heterocycles. The summed E-state index contributed by atoms with van der Waals surface area (Å²) in [6, 6.07) is 11.1. The summed E-state index contributed by atoms with van der Waals surface area (Å²) in [5.74, 6) is -0.635. The zero-order valence-electron chi connectivity index (χ0n) is 19.0. The maximum atomic E-state index is 12.8. The molecule has 0 aliphatic carbocycles. The molecule has 2 aromatic carbocycles. The summed E-state index contributed by atoms with van der Waals surface area (Å²) >= 11 is 0. The van der Waals surface area contributed by atoms with E-state index in [1.807, 2.05) is 18.2 Å². The van der Waals surface area contributed by atoms with Gasteiger partial charge < -0.3 is 24.6 Å². The number of benzene rings is 2. The SMILES string of the molecule is CN1CCN(CCON=C2C(c3c(O)[nH]c4ccc(OC(F)(F)F)cc34)=Nc3ccccc32)CC1. The molecule has 1 aromatic heterocycles. The van der Waals surface area contributed by atoms with Gasteiger partial charge in [-0.2, -0.15) is 0 Å². The second kappa shape index (κ2) is 9.23. The van der Waals surface area contributed by atoms with Crippen LogP contribution >= 0.6 is 0 Å². The largest absolute Gasteiger partial charge is 0.573 e. The van der Waals surface area contributed by atoms with Crippen molar-refractivity contribution in [2.75, 3.05) is 46.4 Å². The molecule has 1 saturated heterocycles. The van der Waals surface area contributed by atoms with Crippen LogP contribution in [0.15, 0.2) is 52.6 Å². The van der Waals surface area contributed by atoms with Crippen LogP contribution in [-0.4, -0.2) is 84.1 Å². The number of aliphatic imine (C=N–C) groups is 1. The van der Waals surface area contributed by atoms with Gasteiger partial charge in [-0.25, -0.2) is 4.99 Å². The summed E-state index contributed by atoms with van der Waals surface area (Å²) in [7, 11) is 2.09. The van der Waals surface area contributed by atoms with Crippen molar-refractivity contribution in [3.05, 3.63) is 53.6 Å². The number of aromatic nitrogens is 1. The van der Waals surface area contributed by atoms with Gasteiger partial charge in [0.15, 0.2) is 5.88 Å². The number of rotatable bonds is 6. The Labute approximate surface area is 199 Å². The minimum Gasteiger partial charge on any atom is -0.494 e. The number of fused-ring (bicyclic) bond motifs is 2. The fourth-order valence-corrected chi connectivity index (χ4v) is 4.28. The van der Waals surface area contributed by atoms with Crippen molar-refractivity contribution in [2.45, 2.75) is 6.36 Å². The zero-order valence-corrected chi connectivity index (χ0v) is 19.0. The average molecular weight is 487 g/mol. The predicted molar refractivity (Wildman–Crippen MR) is 126 cm³/mol. The molecule has 0 radical (unpaired) electrons. The average Bonchev–Trinajstić information content (AvgIpc) is 3.32. The molecule has 3 aromatic rings. The Morgan fingerprint density at radius 3 is 2.66 bits per heavy atom. The third-order valence-corrected chi connectivity index (χ3v) is 6.09. The molecule has 0 spiro atoms. The second-order valence-electron chi connectivity index (χ2n) is 8.50. The molecular formula is C24H24F3N5O3. The smallest absolute Gasteiger partial charge is 0.494 e. The number of halogens is 3. The van der Waals surface area contributed by atoms with E-state index in [0.717, 1.165) is 32.7 Å². The Hall–Kier alpha value is -3.57. The van der Waals surface area contributed by atoms with E-state index in [0.29, 0.717) is 40.2 Å². The molecule has 0 amide bonds. The molecule has 0 unspecified atom stereocenters. The number of ether oxygens (including phenoxy) is 1. The van der Waals surface area contributed by atoms with Crippen LogP contribution in [0.2, 0.25) is 0 Å². The van der Waals surface area contributed by atoms with Gasteiger partial charge in [0.05, 0.1) is 11.3 Å². The lowest BCUT2D eigenvalue weighted by Gasteiger charge is -2.31. The topological polar surface area (TPSA) is 85.7 Å². The first-order chi connectivity index (χ1) is 16.8. The molecule has 0 saturated carbocycles. The van der Waals surface area contributed by atoms with Gasteiger partial charge in [0, 0.05) is 49.2 Å². The van der Waals surface area contributed by atoms with Gasteiger partial charge in [0.1, 0.15) is 23.8 Å². The van der Waals surface area contributed by atoms with Gasteiger partial charge in [0.2, 0.25) is 0 Å². The number of nitrogens with one attached hydrogen (secondary N) is 1. The van der Waals surface area contributed by atoms with Crippen LogP contribution in [0.4, 0.5) is 18.9 Å². The third kappa shape index (κ3) is 4.96. The number of para-hydroxylation sites is 1. The first-order valence-corrected chi connectivity index (χ1v) is 11.2. The molecule has 0 atom stereocenters. The number of aromatic hydroxyl groups is 1. The van der Waals surface area contributed by atoms with Crippen molar-refractivity contribution in [3.8, 4) is 11.6 Å². The van der Waals surface area contributed by atoms with Gasteiger partial charge in [-0.15, -0.1) is 13.2 Å². The monoisotopic (exact) mass is 487 g/mol. The molecule has 2 aliphatic rings. The number of alkyl halides is 3. The Bertz CT molecular complexity index is 1290. The van der Waals surface area contributed by atoms with Crippen LogP contribution in [-0.2, 0) is 4.84 Å². The number of nitrogens with zero attached hydrogens (tertiary/aromatic N) is 4. The number of hydrogen-bond donors (Lipinski definition) is 2. The maximum absolute atomic E-state index is 12.8. The van der Waals surface area contributed by atoms with E-state index in [-0.39, 0.29) is 11.4 Å². The number of aromatic amines is 1. The quantitative estimate of drug-likeness (QED) is 0.407. The number of H-pyrrole nitrogens is 1. The van der Waals surface area contributed by atoms with E-state index >= 15 is 0 Å². The minimum absolute atomic E-state index is 0.227. The maximum Gasteiger partial charge on any atom is 0.573 e. The third-order valence-electron chi connectivity index (χ3n) is 6.09. The Morgan fingerprint density at radius 1 is 1.11 bits per heavy atom. The van der Waals surface area contributed by atoms with Crippen molar-refractivity contribution in [3.63, 3.8) is 0 Å². The zero-order chi connectivity index (χ0) is 24.6. The van der Waals surface area contributed by atoms with Gasteiger partial charge in [-0.1, -0.05) is 23.4 Å². The first-order valence-electron chi connectivity index (χ1n) is 11.2. The number of piperazine rings is 1. The number of oxime groups is 1. The summed E-state index contributed by atoms with van der Waals surface area (Å²) in [5.41, 5.74) is 2.70. The van der Waals surface area contributed by atoms with E-state index < -0.39 is 12.1 Å². The van der Waals surface area contributed by atoms with Crippen molar-refractivity contribution < 1.29 is 27.9 Å². The fourth-order valence-electron chi connectivity index (χ4n) is 4.28. The molecule has 8 nitrogen and oxygen atoms in total. The van der Waals surface area contributed by atoms with Crippen molar-refractivity contribution in [1.82, 2.24) is 14.8 Å². The lowest BCUT2D eigenvalue weighted by molar-refractivity contribution is -0.274. The molecule has 5 rings (SSSR count). The van der Waals surface area contributed by atoms with Crippen molar-refractivity contribution in [1.29, 1.82) is 0 Å². The Balaban J connectivity index is 1.44. The molecule has 35 heavy (non-hydrogen) atoms. The highest BCUT2D eigenvalue weighted by atomic mass is 19.4. The second-order valence-corrected chi connectivity index (χ2v) is 8.50. The number of likely N-dealkylation sites (N-methyl/N-ethyl adjacent to an activating group) is 1. The summed E-state index contributed by atoms with van der Waals surface area (Å²) < 4.78 is 42.4. The highest BCUT2D eigenvalue weighted by Gasteiger charge is 2.33. The normalized spacial score (nSPS) is 18.2. The van der Waals surface area contributed by atoms with Gasteiger partial charge >= 0.3 is 6.36 Å². The molecule has 3 heterocycles. The Morgan fingerprint density at radius 2 is 1.89 bits per heavy atom. The van der Waals surface area contributed by atoms with E-state index in [9.17, 15) is 18.3 Å². The van der Waals surface area contributed by atoms with Crippen LogP contribution < -0.4 is 4.74 Å². The summed E-state index contributed by atoms with van der Waals surface area (Å²) in [6.07, 6.45) is -4.84. The van der Waals surface area contributed by atoms with E-state index in [1.54, 1.807) is 6.07 Å². The van der Waals surface area contributed by atoms with Crippen molar-refractivity contribution >= 4 is 28.0 Å². The van der Waals surface area contributed by atoms with E-state index in [2.05, 4.69) is 36.7 Å². The minimum atomic E-state index is -4.84. The molecule has 2 N–H and O–H groups in total. The Kier molecular flexibility index (Phi) is 6.12. The predicted octanol–water partition coefficient (Wildman–Crippen LogP) is 3.87. The van der Waals surface area contributed by atoms with Crippen LogP contribution in [0, 0.1) is 0 Å². The van der Waals surface area contributed by atoms with Crippen LogP contribution in [0.3, 0.4) is 0 Å². The van der Waals surface area contributed by atoms with Crippen LogP contribution in [0.1, 0.15) is 11.1 Å². The molecule has 0 bridgehead atoms.